The van der Waals surface area contributed by atoms with Crippen molar-refractivity contribution in [3.05, 3.63) is 93.9 Å². The zero-order valence-corrected chi connectivity index (χ0v) is 15.3. The van der Waals surface area contributed by atoms with E-state index < -0.39 is 0 Å². The van der Waals surface area contributed by atoms with Crippen LogP contribution in [-0.4, -0.2) is 15.7 Å². The first-order chi connectivity index (χ1) is 13.0. The molecule has 2 aromatic carbocycles. The fourth-order valence-electron chi connectivity index (χ4n) is 3.79. The average Bonchev–Trinajstić information content (AvgIpc) is 2.93. The molecule has 5 nitrogen and oxygen atoms in total. The van der Waals surface area contributed by atoms with Crippen LogP contribution in [0.4, 0.5) is 0 Å². The predicted octanol–water partition coefficient (Wildman–Crippen LogP) is 3.38. The van der Waals surface area contributed by atoms with E-state index in [9.17, 15) is 9.59 Å². The molecule has 27 heavy (non-hydrogen) atoms. The number of carbonyl (C=O) groups is 1. The minimum atomic E-state index is -0.280. The second kappa shape index (κ2) is 6.50. The standard InChI is InChI=1S/C22H21N3O2/c1-22(2)14-19(16-10-6-7-11-17(16)22)23-21(27)18-12-13-20(26)25(24-18)15-8-4-3-5-9-15/h3-13,19H,14H2,1-2H3,(H,23,27). The lowest BCUT2D eigenvalue weighted by Gasteiger charge is -2.19. The highest BCUT2D eigenvalue weighted by Crippen LogP contribution is 2.44. The fourth-order valence-corrected chi connectivity index (χ4v) is 3.79. The topological polar surface area (TPSA) is 64.0 Å². The Kier molecular flexibility index (Phi) is 4.15. The molecule has 3 aromatic rings. The van der Waals surface area contributed by atoms with Gasteiger partial charge in [-0.1, -0.05) is 56.3 Å². The Bertz CT molecular complexity index is 1050. The van der Waals surface area contributed by atoms with Crippen LogP contribution in [0, 0.1) is 0 Å². The largest absolute Gasteiger partial charge is 0.344 e. The molecule has 1 atom stereocenters. The molecule has 0 aliphatic heterocycles. The van der Waals surface area contributed by atoms with Crippen LogP contribution >= 0.6 is 0 Å². The molecule has 1 aromatic heterocycles. The Morgan fingerprint density at radius 1 is 1.04 bits per heavy atom. The molecule has 0 fully saturated rings. The van der Waals surface area contributed by atoms with Crippen LogP contribution in [0.3, 0.4) is 0 Å². The molecule has 1 unspecified atom stereocenters. The van der Waals surface area contributed by atoms with Crippen molar-refractivity contribution in [3.8, 4) is 5.69 Å². The molecule has 0 spiro atoms. The Labute approximate surface area is 157 Å². The van der Waals surface area contributed by atoms with Gasteiger partial charge in [0.15, 0.2) is 0 Å². The SMILES string of the molecule is CC1(C)CC(NC(=O)c2ccc(=O)n(-c3ccccc3)n2)c2ccccc21. The third kappa shape index (κ3) is 3.16. The molecule has 1 amide bonds. The van der Waals surface area contributed by atoms with Crippen LogP contribution in [0.2, 0.25) is 0 Å². The summed E-state index contributed by atoms with van der Waals surface area (Å²) in [6.45, 7) is 4.37. The molecule has 0 saturated heterocycles. The Morgan fingerprint density at radius 3 is 2.52 bits per heavy atom. The molecule has 1 heterocycles. The van der Waals surface area contributed by atoms with Gasteiger partial charge in [0.2, 0.25) is 0 Å². The number of nitrogens with zero attached hydrogens (tertiary/aromatic N) is 2. The van der Waals surface area contributed by atoms with E-state index in [1.165, 1.54) is 22.4 Å². The number of carbonyl (C=O) groups excluding carboxylic acids is 1. The first-order valence-corrected chi connectivity index (χ1v) is 9.02. The van der Waals surface area contributed by atoms with Crippen molar-refractivity contribution in [2.45, 2.75) is 31.7 Å². The summed E-state index contributed by atoms with van der Waals surface area (Å²) in [5.41, 5.74) is 2.99. The molecule has 0 radical (unpaired) electrons. The maximum atomic E-state index is 12.8. The van der Waals surface area contributed by atoms with Crippen LogP contribution in [0.25, 0.3) is 5.69 Å². The summed E-state index contributed by atoms with van der Waals surface area (Å²) in [7, 11) is 0. The summed E-state index contributed by atoms with van der Waals surface area (Å²) in [6, 6.07) is 20.1. The number of aromatic nitrogens is 2. The van der Waals surface area contributed by atoms with Crippen LogP contribution in [-0.2, 0) is 5.41 Å². The van der Waals surface area contributed by atoms with Crippen LogP contribution in [0.5, 0.6) is 0 Å². The average molecular weight is 359 g/mol. The maximum Gasteiger partial charge on any atom is 0.272 e. The van der Waals surface area contributed by atoms with Crippen molar-refractivity contribution in [1.29, 1.82) is 0 Å². The van der Waals surface area contributed by atoms with Crippen LogP contribution < -0.4 is 10.9 Å². The van der Waals surface area contributed by atoms with Gasteiger partial charge in [-0.25, -0.2) is 0 Å². The molecule has 1 aliphatic carbocycles. The number of hydrogen-bond donors (Lipinski definition) is 1. The molecule has 1 N–H and O–H groups in total. The molecule has 0 saturated carbocycles. The van der Waals surface area contributed by atoms with Crippen LogP contribution in [0.1, 0.15) is 47.9 Å². The number of para-hydroxylation sites is 1. The highest BCUT2D eigenvalue weighted by Gasteiger charge is 2.37. The minimum Gasteiger partial charge on any atom is -0.344 e. The Balaban J connectivity index is 1.63. The molecular formula is C22H21N3O2. The summed E-state index contributed by atoms with van der Waals surface area (Å²) >= 11 is 0. The van der Waals surface area contributed by atoms with E-state index in [4.69, 9.17) is 0 Å². The van der Waals surface area contributed by atoms with Gasteiger partial charge in [0.1, 0.15) is 5.69 Å². The second-order valence-corrected chi connectivity index (χ2v) is 7.51. The van der Waals surface area contributed by atoms with Gasteiger partial charge in [0.05, 0.1) is 11.7 Å². The number of amides is 1. The zero-order valence-electron chi connectivity index (χ0n) is 15.3. The van der Waals surface area contributed by atoms with E-state index in [2.05, 4.69) is 36.4 Å². The van der Waals surface area contributed by atoms with E-state index >= 15 is 0 Å². The summed E-state index contributed by atoms with van der Waals surface area (Å²) < 4.78 is 1.25. The van der Waals surface area contributed by atoms with Gasteiger partial charge in [-0.15, -0.1) is 0 Å². The smallest absolute Gasteiger partial charge is 0.272 e. The predicted molar refractivity (Wildman–Crippen MR) is 104 cm³/mol. The quantitative estimate of drug-likeness (QED) is 0.780. The minimum absolute atomic E-state index is 0.00476. The van der Waals surface area contributed by atoms with Gasteiger partial charge >= 0.3 is 0 Å². The van der Waals surface area contributed by atoms with E-state index in [0.717, 1.165) is 12.0 Å². The van der Waals surface area contributed by atoms with Crippen molar-refractivity contribution in [2.75, 3.05) is 0 Å². The van der Waals surface area contributed by atoms with Gasteiger partial charge < -0.3 is 5.32 Å². The van der Waals surface area contributed by atoms with Gasteiger partial charge in [-0.2, -0.15) is 9.78 Å². The van der Waals surface area contributed by atoms with Crippen molar-refractivity contribution < 1.29 is 4.79 Å². The van der Waals surface area contributed by atoms with Gasteiger partial charge in [-0.3, -0.25) is 9.59 Å². The van der Waals surface area contributed by atoms with Crippen molar-refractivity contribution in [2.24, 2.45) is 0 Å². The third-order valence-electron chi connectivity index (χ3n) is 5.12. The molecule has 5 heteroatoms. The first kappa shape index (κ1) is 17.2. The van der Waals surface area contributed by atoms with Gasteiger partial charge in [0, 0.05) is 6.07 Å². The lowest BCUT2D eigenvalue weighted by Crippen LogP contribution is -2.31. The number of nitrogens with one attached hydrogen (secondary N) is 1. The Hall–Kier alpha value is -3.21. The molecule has 4 rings (SSSR count). The van der Waals surface area contributed by atoms with Crippen molar-refractivity contribution >= 4 is 5.91 Å². The number of fused-ring (bicyclic) bond motifs is 1. The number of benzene rings is 2. The van der Waals surface area contributed by atoms with Crippen molar-refractivity contribution in [1.82, 2.24) is 15.1 Å². The fraction of sp³-hybridized carbons (Fsp3) is 0.227. The highest BCUT2D eigenvalue weighted by molar-refractivity contribution is 5.92. The molecule has 136 valence electrons. The summed E-state index contributed by atoms with van der Waals surface area (Å²) in [6.07, 6.45) is 0.830. The summed E-state index contributed by atoms with van der Waals surface area (Å²) in [5.74, 6) is -0.280. The third-order valence-corrected chi connectivity index (χ3v) is 5.12. The Morgan fingerprint density at radius 2 is 1.74 bits per heavy atom. The molecule has 0 bridgehead atoms. The lowest BCUT2D eigenvalue weighted by atomic mass is 9.86. The van der Waals surface area contributed by atoms with Gasteiger partial charge in [-0.05, 0) is 41.2 Å². The normalized spacial score (nSPS) is 17.3. The first-order valence-electron chi connectivity index (χ1n) is 9.02. The molecular weight excluding hydrogens is 338 g/mol. The summed E-state index contributed by atoms with van der Waals surface area (Å²) in [5, 5.41) is 7.36. The highest BCUT2D eigenvalue weighted by atomic mass is 16.2. The van der Waals surface area contributed by atoms with Crippen LogP contribution in [0.15, 0.2) is 71.5 Å². The van der Waals surface area contributed by atoms with E-state index in [1.54, 1.807) is 12.1 Å². The van der Waals surface area contributed by atoms with E-state index in [-0.39, 0.29) is 28.6 Å². The summed E-state index contributed by atoms with van der Waals surface area (Å²) in [4.78, 5) is 25.0. The molecule has 1 aliphatic rings. The van der Waals surface area contributed by atoms with E-state index in [0.29, 0.717) is 5.69 Å². The van der Waals surface area contributed by atoms with Crippen molar-refractivity contribution in [3.63, 3.8) is 0 Å². The maximum absolute atomic E-state index is 12.8. The van der Waals surface area contributed by atoms with E-state index in [1.807, 2.05) is 30.3 Å². The lowest BCUT2D eigenvalue weighted by molar-refractivity contribution is 0.0927. The zero-order chi connectivity index (χ0) is 19.0. The number of rotatable bonds is 3. The van der Waals surface area contributed by atoms with Gasteiger partial charge in [0.25, 0.3) is 11.5 Å². The number of hydrogen-bond acceptors (Lipinski definition) is 3. The second-order valence-electron chi connectivity index (χ2n) is 7.51. The monoisotopic (exact) mass is 359 g/mol.